The molecule has 3 aliphatic heterocycles. The Morgan fingerprint density at radius 1 is 0.913 bits per heavy atom. The van der Waals surface area contributed by atoms with Crippen molar-refractivity contribution >= 4 is 23.3 Å². The summed E-state index contributed by atoms with van der Waals surface area (Å²) in [6.45, 7) is 2.84. The molecule has 46 heavy (non-hydrogen) atoms. The number of amides is 2. The average Bonchev–Trinajstić information content (AvgIpc) is 3.85. The zero-order valence-electron chi connectivity index (χ0n) is 25.9. The molecule has 7 nitrogen and oxygen atoms in total. The number of allylic oxidation sites excluding steroid dienone is 8. The van der Waals surface area contributed by atoms with E-state index in [1.807, 2.05) is 78.6 Å². The first-order valence-corrected chi connectivity index (χ1v) is 16.2. The van der Waals surface area contributed by atoms with Crippen LogP contribution in [-0.4, -0.2) is 45.3 Å². The van der Waals surface area contributed by atoms with E-state index >= 15 is 0 Å². The Kier molecular flexibility index (Phi) is 7.02. The first kappa shape index (κ1) is 28.7. The number of rotatable bonds is 6. The first-order chi connectivity index (χ1) is 22.4. The van der Waals surface area contributed by atoms with Crippen LogP contribution < -0.4 is 0 Å². The van der Waals surface area contributed by atoms with Crippen LogP contribution in [0.2, 0.25) is 0 Å². The first-order valence-electron chi connectivity index (χ1n) is 16.2. The van der Waals surface area contributed by atoms with Gasteiger partial charge in [-0.15, -0.1) is 0 Å². The maximum atomic E-state index is 13.7. The van der Waals surface area contributed by atoms with Crippen LogP contribution in [0, 0.1) is 11.8 Å². The predicted octanol–water partition coefficient (Wildman–Crippen LogP) is 5.93. The lowest BCUT2D eigenvalue weighted by atomic mass is 9.90. The minimum absolute atomic E-state index is 0.00391. The van der Waals surface area contributed by atoms with E-state index in [-0.39, 0.29) is 36.0 Å². The molecule has 3 atom stereocenters. The molecule has 0 bridgehead atoms. The summed E-state index contributed by atoms with van der Waals surface area (Å²) in [4.78, 5) is 44.0. The second-order valence-electron chi connectivity index (χ2n) is 13.1. The SMILES string of the molecule is CC1=C(Cc2cc(CN3C(=O)c4ccccc4C3=C3CC3)cc(CN3C(=O)C4C=CC=CC4C3O)c2)COC2=C(C=CCC2)C1=O. The van der Waals surface area contributed by atoms with Gasteiger partial charge >= 0.3 is 0 Å². The molecule has 1 saturated carbocycles. The van der Waals surface area contributed by atoms with Gasteiger partial charge < -0.3 is 19.6 Å². The fraction of sp³-hybridized carbons (Fsp3) is 0.308. The van der Waals surface area contributed by atoms with Gasteiger partial charge in [-0.25, -0.2) is 0 Å². The Morgan fingerprint density at radius 3 is 2.43 bits per heavy atom. The van der Waals surface area contributed by atoms with Crippen LogP contribution in [0.4, 0.5) is 0 Å². The summed E-state index contributed by atoms with van der Waals surface area (Å²) in [5, 5.41) is 11.2. The molecular weight excluding hydrogens is 576 g/mol. The number of likely N-dealkylation sites (tertiary alicyclic amines) is 1. The number of carbonyl (C=O) groups excluding carboxylic acids is 3. The maximum absolute atomic E-state index is 13.7. The number of hydrogen-bond acceptors (Lipinski definition) is 5. The number of benzene rings is 2. The molecule has 1 saturated heterocycles. The topological polar surface area (TPSA) is 87.2 Å². The van der Waals surface area contributed by atoms with Crippen molar-refractivity contribution in [1.82, 2.24) is 9.80 Å². The number of hydrogen-bond donors (Lipinski definition) is 1. The summed E-state index contributed by atoms with van der Waals surface area (Å²) in [5.74, 6) is 0.0205. The van der Waals surface area contributed by atoms with Crippen LogP contribution in [0.3, 0.4) is 0 Å². The minimum atomic E-state index is -0.921. The average molecular weight is 613 g/mol. The van der Waals surface area contributed by atoms with E-state index in [0.717, 1.165) is 70.5 Å². The van der Waals surface area contributed by atoms with Gasteiger partial charge in [0.1, 0.15) is 18.6 Å². The number of carbonyl (C=O) groups is 3. The van der Waals surface area contributed by atoms with E-state index in [1.54, 1.807) is 4.90 Å². The molecule has 1 N–H and O–H groups in total. The number of ketones is 1. The summed E-state index contributed by atoms with van der Waals surface area (Å²) in [7, 11) is 0. The largest absolute Gasteiger partial charge is 0.493 e. The number of aliphatic hydroxyl groups excluding tert-OH is 1. The summed E-state index contributed by atoms with van der Waals surface area (Å²) >= 11 is 0. The molecular formula is C39H36N2O5. The lowest BCUT2D eigenvalue weighted by Crippen LogP contribution is -2.34. The summed E-state index contributed by atoms with van der Waals surface area (Å²) in [5.41, 5.74) is 9.07. The third kappa shape index (κ3) is 4.90. The normalized spacial score (nSPS) is 24.9. The van der Waals surface area contributed by atoms with E-state index in [4.69, 9.17) is 4.74 Å². The van der Waals surface area contributed by atoms with Crippen molar-refractivity contribution in [3.8, 4) is 0 Å². The second-order valence-corrected chi connectivity index (χ2v) is 13.1. The van der Waals surface area contributed by atoms with Crippen LogP contribution in [0.25, 0.3) is 5.70 Å². The van der Waals surface area contributed by atoms with E-state index in [0.29, 0.717) is 30.7 Å². The number of Topliss-reactive ketones (excluding diaryl/α,β-unsaturated/α-hetero) is 1. The maximum Gasteiger partial charge on any atom is 0.259 e. The molecule has 3 aliphatic carbocycles. The highest BCUT2D eigenvalue weighted by molar-refractivity contribution is 6.11. The summed E-state index contributed by atoms with van der Waals surface area (Å²) < 4.78 is 6.18. The van der Waals surface area contributed by atoms with Gasteiger partial charge in [0, 0.05) is 35.6 Å². The van der Waals surface area contributed by atoms with Gasteiger partial charge in [0.2, 0.25) is 5.91 Å². The number of fused-ring (bicyclic) bond motifs is 2. The van der Waals surface area contributed by atoms with Crippen molar-refractivity contribution in [3.63, 3.8) is 0 Å². The van der Waals surface area contributed by atoms with Gasteiger partial charge in [-0.05, 0) is 66.5 Å². The monoisotopic (exact) mass is 612 g/mol. The molecule has 232 valence electrons. The van der Waals surface area contributed by atoms with E-state index in [1.165, 1.54) is 5.57 Å². The fourth-order valence-corrected chi connectivity index (χ4v) is 7.53. The lowest BCUT2D eigenvalue weighted by Gasteiger charge is -2.24. The fourth-order valence-electron chi connectivity index (χ4n) is 7.53. The van der Waals surface area contributed by atoms with Gasteiger partial charge in [-0.1, -0.05) is 72.9 Å². The second kappa shape index (κ2) is 11.2. The van der Waals surface area contributed by atoms with Crippen LogP contribution in [0.15, 0.2) is 107 Å². The van der Waals surface area contributed by atoms with E-state index in [9.17, 15) is 19.5 Å². The molecule has 7 heteroatoms. The third-order valence-electron chi connectivity index (χ3n) is 10.1. The third-order valence-corrected chi connectivity index (χ3v) is 10.1. The van der Waals surface area contributed by atoms with Crippen LogP contribution in [-0.2, 0) is 33.8 Å². The van der Waals surface area contributed by atoms with Gasteiger partial charge in [0.15, 0.2) is 5.78 Å². The highest BCUT2D eigenvalue weighted by Crippen LogP contribution is 2.44. The highest BCUT2D eigenvalue weighted by Gasteiger charge is 2.45. The van der Waals surface area contributed by atoms with Crippen molar-refractivity contribution in [1.29, 1.82) is 0 Å². The molecule has 6 aliphatic rings. The molecule has 0 spiro atoms. The van der Waals surface area contributed by atoms with Gasteiger partial charge in [-0.3, -0.25) is 14.4 Å². The van der Waals surface area contributed by atoms with Gasteiger partial charge in [0.05, 0.1) is 23.7 Å². The smallest absolute Gasteiger partial charge is 0.259 e. The highest BCUT2D eigenvalue weighted by atomic mass is 16.5. The van der Waals surface area contributed by atoms with Crippen molar-refractivity contribution in [3.05, 3.63) is 135 Å². The molecule has 0 aromatic heterocycles. The van der Waals surface area contributed by atoms with Crippen LogP contribution >= 0.6 is 0 Å². The number of aliphatic hydroxyl groups is 1. The van der Waals surface area contributed by atoms with Crippen molar-refractivity contribution in [2.45, 2.75) is 58.3 Å². The van der Waals surface area contributed by atoms with Gasteiger partial charge in [0.25, 0.3) is 5.91 Å². The molecule has 0 radical (unpaired) electrons. The van der Waals surface area contributed by atoms with E-state index < -0.39 is 6.23 Å². The molecule has 2 aromatic rings. The molecule has 2 amide bonds. The standard InChI is InChI=1S/C39H36N2O5/c1-23-28(22-46-34-13-7-6-12-33(34)36(23)42)19-24-16-25(20-40-35(27-14-15-27)29-8-2-3-9-30(29)37(40)43)18-26(17-24)21-41-38(44)31-10-4-5-11-32(31)39(41)45/h2-6,8-12,16-18,31-32,38,44H,7,13-15,19-22H2,1H3. The Bertz CT molecular complexity index is 1880. The molecule has 8 rings (SSSR count). The quantitative estimate of drug-likeness (QED) is 0.437. The summed E-state index contributed by atoms with van der Waals surface area (Å²) in [6, 6.07) is 14.0. The Hall–Kier alpha value is -4.75. The molecule has 3 heterocycles. The van der Waals surface area contributed by atoms with Crippen molar-refractivity contribution in [2.75, 3.05) is 6.61 Å². The minimum Gasteiger partial charge on any atom is -0.493 e. The van der Waals surface area contributed by atoms with Crippen LogP contribution in [0.5, 0.6) is 0 Å². The molecule has 2 aromatic carbocycles. The molecule has 2 fully saturated rings. The Balaban J connectivity index is 1.14. The number of ether oxygens (including phenoxy) is 1. The van der Waals surface area contributed by atoms with E-state index in [2.05, 4.69) is 12.1 Å². The lowest BCUT2D eigenvalue weighted by molar-refractivity contribution is -0.135. The molecule has 3 unspecified atom stereocenters. The number of nitrogens with zero attached hydrogens (tertiary/aromatic N) is 2. The zero-order chi connectivity index (χ0) is 31.5. The van der Waals surface area contributed by atoms with Crippen molar-refractivity contribution < 1.29 is 24.2 Å². The Labute approximate surface area is 268 Å². The zero-order valence-corrected chi connectivity index (χ0v) is 25.9. The van der Waals surface area contributed by atoms with Gasteiger partial charge in [-0.2, -0.15) is 0 Å². The Morgan fingerprint density at radius 2 is 1.65 bits per heavy atom. The summed E-state index contributed by atoms with van der Waals surface area (Å²) in [6.07, 6.45) is 14.6. The van der Waals surface area contributed by atoms with Crippen LogP contribution in [0.1, 0.15) is 65.2 Å². The van der Waals surface area contributed by atoms with Crippen molar-refractivity contribution in [2.24, 2.45) is 11.8 Å². The predicted molar refractivity (Wildman–Crippen MR) is 173 cm³/mol.